The van der Waals surface area contributed by atoms with Gasteiger partial charge in [0.1, 0.15) is 0 Å². The highest BCUT2D eigenvalue weighted by Crippen LogP contribution is 2.16. The maximum Gasteiger partial charge on any atom is 0.220 e. The van der Waals surface area contributed by atoms with Gasteiger partial charge in [-0.15, -0.1) is 0 Å². The highest BCUT2D eigenvalue weighted by Gasteiger charge is 2.17. The van der Waals surface area contributed by atoms with E-state index in [1.807, 2.05) is 6.08 Å². The zero-order chi connectivity index (χ0) is 48.5. The summed E-state index contributed by atoms with van der Waals surface area (Å²) in [7, 11) is 0. The van der Waals surface area contributed by atoms with Crippen molar-refractivity contribution in [2.24, 2.45) is 0 Å². The molecule has 0 aromatic carbocycles. The van der Waals surface area contributed by atoms with E-state index in [1.54, 1.807) is 6.08 Å². The molecule has 0 aliphatic rings. The normalized spacial score (nSPS) is 13.7. The minimum atomic E-state index is -0.872. The third-order valence-electron chi connectivity index (χ3n) is 12.5. The summed E-state index contributed by atoms with van der Waals surface area (Å²) < 4.78 is 0. The molecule has 0 bridgehead atoms. The minimum absolute atomic E-state index is 0.0785. The molecule has 4 nitrogen and oxygen atoms in total. The number of hydrogen-bond donors (Lipinski definition) is 3. The average Bonchev–Trinajstić information content (AvgIpc) is 3.33. The van der Waals surface area contributed by atoms with Crippen molar-refractivity contribution < 1.29 is 15.0 Å². The van der Waals surface area contributed by atoms with Crippen molar-refractivity contribution in [3.05, 3.63) is 109 Å². The van der Waals surface area contributed by atoms with Gasteiger partial charge in [-0.05, 0) is 96.3 Å². The van der Waals surface area contributed by atoms with Crippen LogP contribution in [0.3, 0.4) is 0 Å². The van der Waals surface area contributed by atoms with Crippen molar-refractivity contribution in [3.63, 3.8) is 0 Å². The number of carbonyl (C=O) groups is 1. The lowest BCUT2D eigenvalue weighted by Crippen LogP contribution is -2.45. The summed E-state index contributed by atoms with van der Waals surface area (Å²) in [4.78, 5) is 12.4. The molecule has 0 radical (unpaired) electrons. The Kier molecular flexibility index (Phi) is 54.8. The Morgan fingerprint density at radius 1 is 0.373 bits per heavy atom. The van der Waals surface area contributed by atoms with E-state index in [-0.39, 0.29) is 12.5 Å². The lowest BCUT2D eigenvalue weighted by Gasteiger charge is -2.19. The molecule has 67 heavy (non-hydrogen) atoms. The van der Waals surface area contributed by atoms with Crippen LogP contribution in [0.25, 0.3) is 0 Å². The predicted octanol–water partition coefficient (Wildman–Crippen LogP) is 19.1. The molecule has 1 amide bonds. The van der Waals surface area contributed by atoms with E-state index in [1.165, 1.54) is 167 Å². The molecule has 0 aromatic rings. The van der Waals surface area contributed by atoms with E-state index in [4.69, 9.17) is 0 Å². The summed E-state index contributed by atoms with van der Waals surface area (Å²) in [6, 6.07) is -0.648. The Bertz CT molecular complexity index is 1280. The molecule has 0 aromatic heterocycles. The number of amides is 1. The van der Waals surface area contributed by atoms with Crippen LogP contribution in [0.2, 0.25) is 0 Å². The van der Waals surface area contributed by atoms with Gasteiger partial charge in [-0.3, -0.25) is 4.79 Å². The second-order valence-electron chi connectivity index (χ2n) is 19.0. The van der Waals surface area contributed by atoms with Gasteiger partial charge < -0.3 is 15.5 Å². The number of allylic oxidation sites excluding steroid dienone is 17. The van der Waals surface area contributed by atoms with E-state index >= 15 is 0 Å². The monoisotopic (exact) mass is 928 g/mol. The predicted molar refractivity (Wildman–Crippen MR) is 299 cm³/mol. The molecule has 0 spiro atoms. The van der Waals surface area contributed by atoms with Crippen LogP contribution >= 0.6 is 0 Å². The van der Waals surface area contributed by atoms with Gasteiger partial charge in [0.25, 0.3) is 0 Å². The molecule has 0 fully saturated rings. The molecule has 0 rings (SSSR count). The summed E-state index contributed by atoms with van der Waals surface area (Å²) in [5.74, 6) is -0.0785. The van der Waals surface area contributed by atoms with Gasteiger partial charge in [0.05, 0.1) is 18.8 Å². The van der Waals surface area contributed by atoms with Gasteiger partial charge in [-0.1, -0.05) is 271 Å². The zero-order valence-corrected chi connectivity index (χ0v) is 44.1. The molecule has 0 aliphatic heterocycles. The number of carbonyl (C=O) groups excluding carboxylic acids is 1. The fourth-order valence-corrected chi connectivity index (χ4v) is 8.16. The quantitative estimate of drug-likeness (QED) is 0.0420. The van der Waals surface area contributed by atoms with Crippen molar-refractivity contribution in [2.75, 3.05) is 6.61 Å². The lowest BCUT2D eigenvalue weighted by atomic mass is 10.0. The maximum absolute atomic E-state index is 12.4. The van der Waals surface area contributed by atoms with E-state index in [0.29, 0.717) is 6.42 Å². The summed E-state index contributed by atoms with van der Waals surface area (Å²) in [6.45, 7) is 4.15. The fourth-order valence-electron chi connectivity index (χ4n) is 8.16. The van der Waals surface area contributed by atoms with E-state index in [9.17, 15) is 15.0 Å². The largest absolute Gasteiger partial charge is 0.394 e. The molecule has 2 unspecified atom stereocenters. The van der Waals surface area contributed by atoms with Crippen molar-refractivity contribution in [3.8, 4) is 0 Å². The number of unbranched alkanes of at least 4 members (excludes halogenated alkanes) is 28. The summed E-state index contributed by atoms with van der Waals surface area (Å²) in [5.41, 5.74) is 0. The lowest BCUT2D eigenvalue weighted by molar-refractivity contribution is -0.123. The molecular formula is C63H109NO3. The Morgan fingerprint density at radius 2 is 0.672 bits per heavy atom. The first-order valence-electron chi connectivity index (χ1n) is 28.6. The Balaban J connectivity index is 3.47. The number of aliphatic hydroxyl groups excluding tert-OH is 2. The van der Waals surface area contributed by atoms with E-state index in [2.05, 4.69) is 116 Å². The van der Waals surface area contributed by atoms with Crippen LogP contribution in [-0.4, -0.2) is 34.9 Å². The number of hydrogen-bond acceptors (Lipinski definition) is 3. The van der Waals surface area contributed by atoms with Gasteiger partial charge >= 0.3 is 0 Å². The molecule has 384 valence electrons. The first kappa shape index (κ1) is 64.0. The second kappa shape index (κ2) is 57.4. The molecule has 2 atom stereocenters. The zero-order valence-electron chi connectivity index (χ0n) is 44.1. The van der Waals surface area contributed by atoms with Crippen LogP contribution in [0, 0.1) is 0 Å². The fraction of sp³-hybridized carbons (Fsp3) is 0.698. The molecular weight excluding hydrogens is 819 g/mol. The van der Waals surface area contributed by atoms with E-state index in [0.717, 1.165) is 77.0 Å². The highest BCUT2D eigenvalue weighted by molar-refractivity contribution is 5.76. The van der Waals surface area contributed by atoms with Crippen LogP contribution in [0.4, 0.5) is 0 Å². The van der Waals surface area contributed by atoms with Crippen LogP contribution in [-0.2, 0) is 4.79 Å². The third-order valence-corrected chi connectivity index (χ3v) is 12.5. The van der Waals surface area contributed by atoms with Crippen molar-refractivity contribution in [2.45, 2.75) is 276 Å². The van der Waals surface area contributed by atoms with Crippen LogP contribution in [0.1, 0.15) is 264 Å². The standard InChI is InChI=1S/C63H109NO3/c1-3-5-7-9-11-13-15-17-19-20-21-22-23-24-25-26-27-28-29-30-31-32-33-34-35-36-37-38-39-40-41-42-43-44-45-47-49-51-53-55-57-59-63(67)64-61(60-65)62(66)58-56-54-52-50-48-46-18-16-14-12-10-8-6-4-2/h5,7,11,13-14,16-17,19,21-22,24-25,27-28,48,50,56,58,61-62,65-66H,3-4,6,8-10,12,15,18,20,23,26,29-47,49,51-55,57,59-60H2,1-2H3,(H,64,67)/b7-5-,13-11-,16-14+,19-17-,22-21-,25-24-,28-27-,50-48+,58-56+. The molecule has 0 heterocycles. The molecule has 4 heteroatoms. The second-order valence-corrected chi connectivity index (χ2v) is 19.0. The topological polar surface area (TPSA) is 69.6 Å². The van der Waals surface area contributed by atoms with Gasteiger partial charge in [0.15, 0.2) is 0 Å². The van der Waals surface area contributed by atoms with Crippen LogP contribution < -0.4 is 5.32 Å². The first-order valence-corrected chi connectivity index (χ1v) is 28.6. The van der Waals surface area contributed by atoms with E-state index < -0.39 is 12.1 Å². The number of rotatable bonds is 51. The molecule has 0 saturated carbocycles. The summed E-state index contributed by atoms with van der Waals surface area (Å²) >= 11 is 0. The first-order chi connectivity index (χ1) is 33.2. The molecule has 0 saturated heterocycles. The van der Waals surface area contributed by atoms with Crippen molar-refractivity contribution in [1.29, 1.82) is 0 Å². The van der Waals surface area contributed by atoms with Crippen molar-refractivity contribution in [1.82, 2.24) is 5.32 Å². The highest BCUT2D eigenvalue weighted by atomic mass is 16.3. The number of aliphatic hydroxyl groups is 2. The third kappa shape index (κ3) is 53.9. The van der Waals surface area contributed by atoms with Crippen molar-refractivity contribution >= 4 is 5.91 Å². The maximum atomic E-state index is 12.4. The summed E-state index contributed by atoms with van der Waals surface area (Å²) in [6.07, 6.45) is 86.9. The van der Waals surface area contributed by atoms with Crippen LogP contribution in [0.5, 0.6) is 0 Å². The molecule has 0 aliphatic carbocycles. The SMILES string of the molecule is CC/C=C\C/C=C\C/C=C\C/C=C\C/C=C\C/C=C\CCCCCCCCCCCCCCCCCCCCCCCCC(=O)NC(CO)C(O)/C=C/CC/C=C/CC/C=C/CCCCCC. The van der Waals surface area contributed by atoms with Gasteiger partial charge in [-0.25, -0.2) is 0 Å². The van der Waals surface area contributed by atoms with Crippen LogP contribution in [0.15, 0.2) is 109 Å². The average molecular weight is 929 g/mol. The Hall–Kier alpha value is -2.95. The Morgan fingerprint density at radius 3 is 1.04 bits per heavy atom. The summed E-state index contributed by atoms with van der Waals surface area (Å²) in [5, 5.41) is 23.0. The number of nitrogens with one attached hydrogen (secondary N) is 1. The Labute approximate surface area is 416 Å². The molecule has 3 N–H and O–H groups in total. The van der Waals surface area contributed by atoms with Gasteiger partial charge in [0.2, 0.25) is 5.91 Å². The minimum Gasteiger partial charge on any atom is -0.394 e. The van der Waals surface area contributed by atoms with Gasteiger partial charge in [0, 0.05) is 6.42 Å². The van der Waals surface area contributed by atoms with Gasteiger partial charge in [-0.2, -0.15) is 0 Å². The smallest absolute Gasteiger partial charge is 0.220 e.